The molecule has 4 rings (SSSR count). The Kier molecular flexibility index (Phi) is 2.77. The van der Waals surface area contributed by atoms with Crippen molar-refractivity contribution in [3.63, 3.8) is 0 Å². The molecule has 0 bridgehead atoms. The van der Waals surface area contributed by atoms with Gasteiger partial charge in [-0.25, -0.2) is 4.98 Å². The van der Waals surface area contributed by atoms with Gasteiger partial charge < -0.3 is 14.8 Å². The van der Waals surface area contributed by atoms with Crippen molar-refractivity contribution < 1.29 is 4.65 Å². The van der Waals surface area contributed by atoms with E-state index in [0.29, 0.717) is 13.1 Å². The van der Waals surface area contributed by atoms with Crippen molar-refractivity contribution in [3.8, 4) is 0 Å². The van der Waals surface area contributed by atoms with Crippen LogP contribution in [-0.2, 0) is 6.42 Å². The highest BCUT2D eigenvalue weighted by Gasteiger charge is 2.37. The van der Waals surface area contributed by atoms with Gasteiger partial charge in [-0.15, -0.1) is 0 Å². The first-order chi connectivity index (χ1) is 10.1. The Morgan fingerprint density at radius 2 is 2.00 bits per heavy atom. The van der Waals surface area contributed by atoms with E-state index in [9.17, 15) is 5.21 Å². The van der Waals surface area contributed by atoms with Crippen LogP contribution in [0.15, 0.2) is 42.6 Å². The molecule has 2 aliphatic rings. The second-order valence-corrected chi connectivity index (χ2v) is 6.27. The third kappa shape index (κ3) is 2.11. The maximum Gasteiger partial charge on any atom is 0.132 e. The van der Waals surface area contributed by atoms with Gasteiger partial charge in [0.05, 0.1) is 20.1 Å². The fourth-order valence-electron chi connectivity index (χ4n) is 3.60. The van der Waals surface area contributed by atoms with Crippen LogP contribution in [0.1, 0.15) is 22.7 Å². The number of hydroxylamine groups is 3. The van der Waals surface area contributed by atoms with Crippen LogP contribution in [0.25, 0.3) is 0 Å². The Morgan fingerprint density at radius 3 is 2.90 bits per heavy atom. The van der Waals surface area contributed by atoms with Crippen LogP contribution in [0.3, 0.4) is 0 Å². The highest BCUT2D eigenvalue weighted by molar-refractivity contribution is 5.55. The maximum atomic E-state index is 12.5. The fourth-order valence-corrected chi connectivity index (χ4v) is 3.60. The maximum absolute atomic E-state index is 12.5. The number of benzene rings is 1. The normalized spacial score (nSPS) is 27.3. The van der Waals surface area contributed by atoms with E-state index in [1.54, 1.807) is 7.05 Å². The lowest BCUT2D eigenvalue weighted by atomic mass is 9.96. The summed E-state index contributed by atoms with van der Waals surface area (Å²) in [6.07, 6.45) is 2.75. The minimum atomic E-state index is -0.169. The molecule has 4 heteroatoms. The van der Waals surface area contributed by atoms with Crippen molar-refractivity contribution in [1.82, 2.24) is 4.98 Å². The van der Waals surface area contributed by atoms with Gasteiger partial charge in [-0.3, -0.25) is 0 Å². The summed E-state index contributed by atoms with van der Waals surface area (Å²) in [5, 5.41) is 12.5. The van der Waals surface area contributed by atoms with Crippen LogP contribution < -0.4 is 4.90 Å². The molecule has 0 unspecified atom stereocenters. The number of likely N-dealkylation sites (N-methyl/N-ethyl adjacent to an activating group) is 1. The SMILES string of the molecule is C[N@@+]1([O-])CCN2c3ncccc3Cc3ccccc3[C@H]2C1. The second-order valence-electron chi connectivity index (χ2n) is 6.27. The molecule has 0 saturated carbocycles. The first-order valence-electron chi connectivity index (χ1n) is 7.48. The van der Waals surface area contributed by atoms with E-state index in [1.807, 2.05) is 12.3 Å². The number of anilines is 1. The number of fused-ring (bicyclic) bond motifs is 5. The Labute approximate surface area is 124 Å². The van der Waals surface area contributed by atoms with Crippen LogP contribution in [0.5, 0.6) is 0 Å². The molecular formula is C17H19N3O. The standard InChI is InChI=1S/C17H19N3O/c1-20(21)10-9-19-16(12-20)15-7-3-2-5-13(15)11-14-6-4-8-18-17(14)19/h2-8,16H,9-12H2,1H3/t16-,20-/m1/s1. The summed E-state index contributed by atoms with van der Waals surface area (Å²) in [5.41, 5.74) is 3.87. The first-order valence-corrected chi connectivity index (χ1v) is 7.48. The zero-order valence-electron chi connectivity index (χ0n) is 12.2. The molecule has 1 aromatic heterocycles. The molecule has 1 saturated heterocycles. The molecule has 0 N–H and O–H groups in total. The predicted octanol–water partition coefficient (Wildman–Crippen LogP) is 2.49. The fraction of sp³-hybridized carbons (Fsp3) is 0.353. The Bertz CT molecular complexity index is 683. The molecule has 3 heterocycles. The third-order valence-electron chi connectivity index (χ3n) is 4.68. The summed E-state index contributed by atoms with van der Waals surface area (Å²) in [6.45, 7) is 1.98. The molecule has 1 fully saturated rings. The lowest BCUT2D eigenvalue weighted by Crippen LogP contribution is -2.55. The van der Waals surface area contributed by atoms with Crippen LogP contribution >= 0.6 is 0 Å². The van der Waals surface area contributed by atoms with Crippen molar-refractivity contribution in [2.24, 2.45) is 0 Å². The number of hydrogen-bond donors (Lipinski definition) is 0. The molecule has 2 atom stereocenters. The molecule has 1 aromatic carbocycles. The molecular weight excluding hydrogens is 262 g/mol. The van der Waals surface area contributed by atoms with Gasteiger partial charge in [0.25, 0.3) is 0 Å². The van der Waals surface area contributed by atoms with Crippen molar-refractivity contribution in [1.29, 1.82) is 0 Å². The van der Waals surface area contributed by atoms with Gasteiger partial charge in [-0.2, -0.15) is 0 Å². The number of piperazine rings is 1. The number of hydrogen-bond acceptors (Lipinski definition) is 3. The van der Waals surface area contributed by atoms with Crippen LogP contribution in [0.2, 0.25) is 0 Å². The van der Waals surface area contributed by atoms with Gasteiger partial charge in [-0.05, 0) is 22.8 Å². The molecule has 108 valence electrons. The van der Waals surface area contributed by atoms with Gasteiger partial charge in [0.1, 0.15) is 18.4 Å². The zero-order chi connectivity index (χ0) is 14.4. The molecule has 2 aromatic rings. The molecule has 0 radical (unpaired) electrons. The van der Waals surface area contributed by atoms with Crippen molar-refractivity contribution >= 4 is 5.82 Å². The summed E-state index contributed by atoms with van der Waals surface area (Å²) < 4.78 is -0.169. The molecule has 2 aliphatic heterocycles. The highest BCUT2D eigenvalue weighted by Crippen LogP contribution is 2.38. The van der Waals surface area contributed by atoms with E-state index in [0.717, 1.165) is 18.8 Å². The lowest BCUT2D eigenvalue weighted by molar-refractivity contribution is -0.864. The summed E-state index contributed by atoms with van der Waals surface area (Å²) in [7, 11) is 1.78. The van der Waals surface area contributed by atoms with Gasteiger partial charge in [0, 0.05) is 12.6 Å². The Balaban J connectivity index is 1.90. The monoisotopic (exact) mass is 281 g/mol. The Morgan fingerprint density at radius 1 is 1.19 bits per heavy atom. The van der Waals surface area contributed by atoms with Gasteiger partial charge in [0.2, 0.25) is 0 Å². The second kappa shape index (κ2) is 4.55. The number of quaternary nitrogens is 1. The van der Waals surface area contributed by atoms with E-state index in [4.69, 9.17) is 0 Å². The number of nitrogens with zero attached hydrogens (tertiary/aromatic N) is 3. The van der Waals surface area contributed by atoms with Crippen molar-refractivity contribution in [3.05, 3.63) is 64.5 Å². The lowest BCUT2D eigenvalue weighted by Gasteiger charge is -2.49. The number of pyridine rings is 1. The van der Waals surface area contributed by atoms with Gasteiger partial charge >= 0.3 is 0 Å². The number of aromatic nitrogens is 1. The molecule has 0 amide bonds. The van der Waals surface area contributed by atoms with Crippen molar-refractivity contribution in [2.45, 2.75) is 12.5 Å². The third-order valence-corrected chi connectivity index (χ3v) is 4.68. The van der Waals surface area contributed by atoms with E-state index in [2.05, 4.69) is 40.2 Å². The van der Waals surface area contributed by atoms with Crippen LogP contribution in [-0.4, -0.2) is 36.3 Å². The summed E-state index contributed by atoms with van der Waals surface area (Å²) >= 11 is 0. The summed E-state index contributed by atoms with van der Waals surface area (Å²) in [4.78, 5) is 6.94. The van der Waals surface area contributed by atoms with E-state index in [-0.39, 0.29) is 10.7 Å². The van der Waals surface area contributed by atoms with Gasteiger partial charge in [0.15, 0.2) is 0 Å². The average Bonchev–Trinajstić information content (AvgIpc) is 2.60. The first kappa shape index (κ1) is 12.8. The summed E-state index contributed by atoms with van der Waals surface area (Å²) in [6, 6.07) is 12.8. The number of rotatable bonds is 0. The average molecular weight is 281 g/mol. The predicted molar refractivity (Wildman–Crippen MR) is 82.9 cm³/mol. The van der Waals surface area contributed by atoms with Crippen molar-refractivity contribution in [2.75, 3.05) is 31.6 Å². The highest BCUT2D eigenvalue weighted by atomic mass is 16.5. The van der Waals surface area contributed by atoms with Gasteiger partial charge in [-0.1, -0.05) is 30.3 Å². The van der Waals surface area contributed by atoms with E-state index < -0.39 is 0 Å². The minimum absolute atomic E-state index is 0.133. The zero-order valence-corrected chi connectivity index (χ0v) is 12.2. The topological polar surface area (TPSA) is 39.2 Å². The van der Waals surface area contributed by atoms with Crippen LogP contribution in [0, 0.1) is 5.21 Å². The molecule has 0 spiro atoms. The minimum Gasteiger partial charge on any atom is -0.633 e. The smallest absolute Gasteiger partial charge is 0.132 e. The quantitative estimate of drug-likeness (QED) is 0.550. The summed E-state index contributed by atoms with van der Waals surface area (Å²) in [5.74, 6) is 1.05. The van der Waals surface area contributed by atoms with E-state index in [1.165, 1.54) is 16.7 Å². The van der Waals surface area contributed by atoms with Crippen LogP contribution in [0.4, 0.5) is 5.82 Å². The molecule has 21 heavy (non-hydrogen) atoms. The molecule has 0 aliphatic carbocycles. The Hall–Kier alpha value is -1.91. The molecule has 4 nitrogen and oxygen atoms in total. The largest absolute Gasteiger partial charge is 0.633 e. The van der Waals surface area contributed by atoms with E-state index >= 15 is 0 Å².